The van der Waals surface area contributed by atoms with Crippen molar-refractivity contribution in [2.75, 3.05) is 18.0 Å². The first-order valence-corrected chi connectivity index (χ1v) is 7.25. The lowest BCUT2D eigenvalue weighted by molar-refractivity contribution is 0.0817. The number of nitrogens with zero attached hydrogens (tertiary/aromatic N) is 2. The molecule has 0 bridgehead atoms. The molecule has 1 aromatic heterocycles. The van der Waals surface area contributed by atoms with Crippen molar-refractivity contribution in [2.24, 2.45) is 0 Å². The molecule has 0 atom stereocenters. The zero-order valence-electron chi connectivity index (χ0n) is 11.0. The van der Waals surface area contributed by atoms with Gasteiger partial charge in [-0.3, -0.25) is 0 Å². The highest BCUT2D eigenvalue weighted by Crippen LogP contribution is 2.34. The van der Waals surface area contributed by atoms with Crippen molar-refractivity contribution in [2.45, 2.75) is 52.1 Å². The standard InChI is InChI=1S/C13H22N2OS/c1-10-11(13(2,3)16)17-12(14-10)15-8-6-4-5-7-9-15/h16H,4-9H2,1-3H3. The van der Waals surface area contributed by atoms with Gasteiger partial charge in [-0.2, -0.15) is 0 Å². The molecule has 4 heteroatoms. The Morgan fingerprint density at radius 1 is 1.18 bits per heavy atom. The third-order valence-electron chi connectivity index (χ3n) is 3.22. The molecular weight excluding hydrogens is 232 g/mol. The van der Waals surface area contributed by atoms with Crippen LogP contribution in [0.3, 0.4) is 0 Å². The average molecular weight is 254 g/mol. The minimum absolute atomic E-state index is 0.772. The molecule has 0 aliphatic carbocycles. The number of aromatic nitrogens is 1. The van der Waals surface area contributed by atoms with Gasteiger partial charge in [0.25, 0.3) is 0 Å². The highest BCUT2D eigenvalue weighted by atomic mass is 32.1. The van der Waals surface area contributed by atoms with Gasteiger partial charge in [-0.25, -0.2) is 4.98 Å². The van der Waals surface area contributed by atoms with Crippen molar-refractivity contribution in [1.82, 2.24) is 4.98 Å². The van der Waals surface area contributed by atoms with Crippen molar-refractivity contribution < 1.29 is 5.11 Å². The smallest absolute Gasteiger partial charge is 0.185 e. The van der Waals surface area contributed by atoms with Crippen LogP contribution in [0.1, 0.15) is 50.1 Å². The zero-order chi connectivity index (χ0) is 12.5. The summed E-state index contributed by atoms with van der Waals surface area (Å²) in [5, 5.41) is 11.2. The molecule has 0 saturated carbocycles. The van der Waals surface area contributed by atoms with Gasteiger partial charge in [-0.05, 0) is 33.6 Å². The Balaban J connectivity index is 2.21. The molecule has 2 rings (SSSR count). The number of hydrogen-bond acceptors (Lipinski definition) is 4. The Morgan fingerprint density at radius 2 is 1.76 bits per heavy atom. The Kier molecular flexibility index (Phi) is 3.73. The Bertz CT molecular complexity index is 373. The minimum atomic E-state index is -0.772. The lowest BCUT2D eigenvalue weighted by Crippen LogP contribution is -2.23. The maximum Gasteiger partial charge on any atom is 0.185 e. The number of hydrogen-bond donors (Lipinski definition) is 1. The van der Waals surface area contributed by atoms with E-state index in [4.69, 9.17) is 0 Å². The van der Waals surface area contributed by atoms with Crippen LogP contribution in [0.15, 0.2) is 0 Å². The molecule has 1 fully saturated rings. The van der Waals surface area contributed by atoms with Crippen LogP contribution >= 0.6 is 11.3 Å². The van der Waals surface area contributed by atoms with Crippen molar-refractivity contribution in [1.29, 1.82) is 0 Å². The van der Waals surface area contributed by atoms with Gasteiger partial charge in [-0.15, -0.1) is 0 Å². The summed E-state index contributed by atoms with van der Waals surface area (Å²) in [6.45, 7) is 7.88. The molecule has 1 aliphatic rings. The van der Waals surface area contributed by atoms with Gasteiger partial charge in [0.15, 0.2) is 5.13 Å². The molecule has 0 radical (unpaired) electrons. The molecule has 96 valence electrons. The highest BCUT2D eigenvalue weighted by Gasteiger charge is 2.24. The monoisotopic (exact) mass is 254 g/mol. The molecule has 1 N–H and O–H groups in total. The van der Waals surface area contributed by atoms with Crippen LogP contribution in [-0.2, 0) is 5.60 Å². The summed E-state index contributed by atoms with van der Waals surface area (Å²) in [4.78, 5) is 8.00. The van der Waals surface area contributed by atoms with Gasteiger partial charge >= 0.3 is 0 Å². The van der Waals surface area contributed by atoms with Crippen LogP contribution in [0.2, 0.25) is 0 Å². The summed E-state index contributed by atoms with van der Waals surface area (Å²) in [6, 6.07) is 0. The van der Waals surface area contributed by atoms with E-state index >= 15 is 0 Å². The molecule has 0 amide bonds. The van der Waals surface area contributed by atoms with Crippen molar-refractivity contribution >= 4 is 16.5 Å². The van der Waals surface area contributed by atoms with E-state index in [1.54, 1.807) is 11.3 Å². The molecular formula is C13H22N2OS. The average Bonchev–Trinajstić information content (AvgIpc) is 2.50. The second-order valence-corrected chi connectivity index (χ2v) is 6.35. The molecule has 0 aromatic carbocycles. The maximum atomic E-state index is 10.1. The summed E-state index contributed by atoms with van der Waals surface area (Å²) in [7, 11) is 0. The fraction of sp³-hybridized carbons (Fsp3) is 0.769. The number of aryl methyl sites for hydroxylation is 1. The maximum absolute atomic E-state index is 10.1. The molecule has 1 saturated heterocycles. The summed E-state index contributed by atoms with van der Waals surface area (Å²) < 4.78 is 0. The zero-order valence-corrected chi connectivity index (χ0v) is 11.8. The minimum Gasteiger partial charge on any atom is -0.385 e. The normalized spacial score (nSPS) is 18.2. The Hall–Kier alpha value is -0.610. The van der Waals surface area contributed by atoms with Crippen LogP contribution in [0.25, 0.3) is 0 Å². The number of thiazole rings is 1. The fourth-order valence-corrected chi connectivity index (χ4v) is 3.47. The summed E-state index contributed by atoms with van der Waals surface area (Å²) >= 11 is 1.65. The van der Waals surface area contributed by atoms with Crippen LogP contribution < -0.4 is 4.90 Å². The van der Waals surface area contributed by atoms with E-state index in [1.165, 1.54) is 25.7 Å². The summed E-state index contributed by atoms with van der Waals surface area (Å²) in [5.41, 5.74) is 0.202. The molecule has 0 spiro atoms. The second kappa shape index (κ2) is 4.94. The van der Waals surface area contributed by atoms with Gasteiger partial charge in [0.05, 0.1) is 16.2 Å². The SMILES string of the molecule is Cc1nc(N2CCCCCC2)sc1C(C)(C)O. The summed E-state index contributed by atoms with van der Waals surface area (Å²) in [5.74, 6) is 0. The van der Waals surface area contributed by atoms with Crippen LogP contribution in [-0.4, -0.2) is 23.2 Å². The first kappa shape index (κ1) is 12.8. The van der Waals surface area contributed by atoms with Crippen molar-refractivity contribution in [3.63, 3.8) is 0 Å². The van der Waals surface area contributed by atoms with Crippen molar-refractivity contribution in [3.8, 4) is 0 Å². The number of anilines is 1. The third kappa shape index (κ3) is 2.99. The van der Waals surface area contributed by atoms with E-state index in [1.807, 2.05) is 20.8 Å². The molecule has 3 nitrogen and oxygen atoms in total. The van der Waals surface area contributed by atoms with Gasteiger partial charge in [0.2, 0.25) is 0 Å². The molecule has 1 aliphatic heterocycles. The van der Waals surface area contributed by atoms with Crippen LogP contribution in [0.4, 0.5) is 5.13 Å². The second-order valence-electron chi connectivity index (χ2n) is 5.37. The van der Waals surface area contributed by atoms with E-state index in [0.717, 1.165) is 28.8 Å². The molecule has 17 heavy (non-hydrogen) atoms. The third-order valence-corrected chi connectivity index (χ3v) is 4.75. The van der Waals surface area contributed by atoms with Gasteiger partial charge in [0, 0.05) is 13.1 Å². The lowest BCUT2D eigenvalue weighted by Gasteiger charge is -2.19. The van der Waals surface area contributed by atoms with E-state index in [9.17, 15) is 5.11 Å². The van der Waals surface area contributed by atoms with E-state index in [0.29, 0.717) is 0 Å². The largest absolute Gasteiger partial charge is 0.385 e. The number of aliphatic hydroxyl groups is 1. The number of rotatable bonds is 2. The molecule has 2 heterocycles. The van der Waals surface area contributed by atoms with Crippen molar-refractivity contribution in [3.05, 3.63) is 10.6 Å². The van der Waals surface area contributed by atoms with E-state index in [-0.39, 0.29) is 0 Å². The van der Waals surface area contributed by atoms with Crippen LogP contribution in [0, 0.1) is 6.92 Å². The molecule has 0 unspecified atom stereocenters. The van der Waals surface area contributed by atoms with Gasteiger partial charge in [0.1, 0.15) is 0 Å². The fourth-order valence-electron chi connectivity index (χ4n) is 2.35. The first-order chi connectivity index (χ1) is 7.98. The van der Waals surface area contributed by atoms with E-state index in [2.05, 4.69) is 9.88 Å². The van der Waals surface area contributed by atoms with Crippen LogP contribution in [0.5, 0.6) is 0 Å². The topological polar surface area (TPSA) is 36.4 Å². The Labute approximate surface area is 107 Å². The van der Waals surface area contributed by atoms with Gasteiger partial charge in [-0.1, -0.05) is 24.2 Å². The summed E-state index contributed by atoms with van der Waals surface area (Å²) in [6.07, 6.45) is 5.19. The highest BCUT2D eigenvalue weighted by molar-refractivity contribution is 7.15. The lowest BCUT2D eigenvalue weighted by atomic mass is 10.1. The Morgan fingerprint density at radius 3 is 2.24 bits per heavy atom. The quantitative estimate of drug-likeness (QED) is 0.881. The van der Waals surface area contributed by atoms with E-state index < -0.39 is 5.60 Å². The predicted octanol–water partition coefficient (Wildman–Crippen LogP) is 3.06. The first-order valence-electron chi connectivity index (χ1n) is 6.44. The predicted molar refractivity (Wildman–Crippen MR) is 72.8 cm³/mol. The van der Waals surface area contributed by atoms with Gasteiger partial charge < -0.3 is 10.0 Å². The molecule has 1 aromatic rings.